The van der Waals surface area contributed by atoms with E-state index in [1.165, 1.54) is 6.07 Å². The van der Waals surface area contributed by atoms with Crippen LogP contribution in [0.25, 0.3) is 0 Å². The highest BCUT2D eigenvalue weighted by Gasteiger charge is 2.23. The summed E-state index contributed by atoms with van der Waals surface area (Å²) in [5.41, 5.74) is 1.31. The SMILES string of the molecule is Cc1ccc(S(=N)(=O)F)c(C(C)(C)C)c1. The molecule has 0 spiro atoms. The molecule has 0 saturated carbocycles. The van der Waals surface area contributed by atoms with Gasteiger partial charge in [-0.15, -0.1) is 3.89 Å². The summed E-state index contributed by atoms with van der Waals surface area (Å²) in [5.74, 6) is 0. The molecule has 0 aliphatic rings. The van der Waals surface area contributed by atoms with Crippen LogP contribution in [0.4, 0.5) is 3.89 Å². The summed E-state index contributed by atoms with van der Waals surface area (Å²) in [4.78, 5) is 0.000556. The zero-order valence-corrected chi connectivity index (χ0v) is 10.2. The van der Waals surface area contributed by atoms with Crippen molar-refractivity contribution in [1.29, 1.82) is 4.78 Å². The molecule has 1 aromatic rings. The Balaban J connectivity index is 3.55. The van der Waals surface area contributed by atoms with Gasteiger partial charge in [-0.25, -0.2) is 8.99 Å². The van der Waals surface area contributed by atoms with Gasteiger partial charge in [-0.2, -0.15) is 0 Å². The molecule has 1 aromatic carbocycles. The van der Waals surface area contributed by atoms with Crippen LogP contribution in [0.15, 0.2) is 23.1 Å². The Morgan fingerprint density at radius 2 is 1.87 bits per heavy atom. The third-order valence-corrected chi connectivity index (χ3v) is 3.15. The lowest BCUT2D eigenvalue weighted by atomic mass is 9.86. The van der Waals surface area contributed by atoms with Crippen molar-refractivity contribution >= 4 is 10.1 Å². The number of aryl methyl sites for hydroxylation is 1. The number of hydrogen-bond acceptors (Lipinski definition) is 2. The number of rotatable bonds is 1. The molecule has 0 aromatic heterocycles. The second-order valence-electron chi connectivity index (χ2n) is 4.74. The second kappa shape index (κ2) is 3.59. The molecule has 15 heavy (non-hydrogen) atoms. The van der Waals surface area contributed by atoms with Crippen molar-refractivity contribution in [3.63, 3.8) is 0 Å². The Morgan fingerprint density at radius 3 is 2.27 bits per heavy atom. The second-order valence-corrected chi connectivity index (χ2v) is 6.15. The van der Waals surface area contributed by atoms with Gasteiger partial charge in [-0.05, 0) is 24.0 Å². The molecule has 1 unspecified atom stereocenters. The minimum atomic E-state index is -4.13. The molecule has 0 saturated heterocycles. The third-order valence-electron chi connectivity index (χ3n) is 2.23. The molecule has 0 fully saturated rings. The topological polar surface area (TPSA) is 40.9 Å². The lowest BCUT2D eigenvalue weighted by Gasteiger charge is -2.22. The quantitative estimate of drug-likeness (QED) is 0.735. The van der Waals surface area contributed by atoms with Gasteiger partial charge in [-0.3, -0.25) is 0 Å². The van der Waals surface area contributed by atoms with Crippen LogP contribution in [0.2, 0.25) is 0 Å². The van der Waals surface area contributed by atoms with E-state index >= 15 is 0 Å². The van der Waals surface area contributed by atoms with E-state index < -0.39 is 10.1 Å². The van der Waals surface area contributed by atoms with Gasteiger partial charge in [0.05, 0.1) is 4.90 Å². The highest BCUT2D eigenvalue weighted by atomic mass is 32.3. The van der Waals surface area contributed by atoms with Crippen LogP contribution >= 0.6 is 0 Å². The van der Waals surface area contributed by atoms with Gasteiger partial charge in [0.2, 0.25) is 10.1 Å². The van der Waals surface area contributed by atoms with Gasteiger partial charge in [0.15, 0.2) is 0 Å². The van der Waals surface area contributed by atoms with Gasteiger partial charge in [-0.1, -0.05) is 38.5 Å². The first-order valence-corrected chi connectivity index (χ1v) is 6.18. The maximum atomic E-state index is 13.2. The normalized spacial score (nSPS) is 16.1. The van der Waals surface area contributed by atoms with Crippen molar-refractivity contribution in [2.24, 2.45) is 0 Å². The first-order valence-electron chi connectivity index (χ1n) is 4.72. The average molecular weight is 229 g/mol. The fourth-order valence-corrected chi connectivity index (χ4v) is 2.35. The molecule has 4 heteroatoms. The van der Waals surface area contributed by atoms with Gasteiger partial charge in [0.25, 0.3) is 0 Å². The van der Waals surface area contributed by atoms with E-state index in [-0.39, 0.29) is 10.3 Å². The number of nitrogens with one attached hydrogen (secondary N) is 1. The molecule has 0 aliphatic heterocycles. The van der Waals surface area contributed by atoms with Crippen LogP contribution in [0.3, 0.4) is 0 Å². The van der Waals surface area contributed by atoms with E-state index in [0.29, 0.717) is 5.56 Å². The fourth-order valence-electron chi connectivity index (χ4n) is 1.46. The van der Waals surface area contributed by atoms with E-state index in [4.69, 9.17) is 4.78 Å². The predicted octanol–water partition coefficient (Wildman–Crippen LogP) is 3.58. The highest BCUT2D eigenvalue weighted by molar-refractivity contribution is 7.87. The van der Waals surface area contributed by atoms with Gasteiger partial charge < -0.3 is 0 Å². The number of hydrogen-bond donors (Lipinski definition) is 1. The monoisotopic (exact) mass is 229 g/mol. The number of benzene rings is 1. The first-order chi connectivity index (χ1) is 6.62. The Bertz CT molecular complexity index is 472. The molecule has 84 valence electrons. The summed E-state index contributed by atoms with van der Waals surface area (Å²) in [6.45, 7) is 7.63. The van der Waals surface area contributed by atoms with Crippen molar-refractivity contribution in [3.05, 3.63) is 29.3 Å². The van der Waals surface area contributed by atoms with Gasteiger partial charge in [0.1, 0.15) is 0 Å². The largest absolute Gasteiger partial charge is 0.228 e. The molecule has 1 rings (SSSR count). The highest BCUT2D eigenvalue weighted by Crippen LogP contribution is 2.30. The van der Waals surface area contributed by atoms with Crippen molar-refractivity contribution in [2.75, 3.05) is 0 Å². The molecular weight excluding hydrogens is 213 g/mol. The molecule has 0 bridgehead atoms. The zero-order valence-electron chi connectivity index (χ0n) is 9.43. The van der Waals surface area contributed by atoms with Crippen LogP contribution in [-0.2, 0) is 15.5 Å². The maximum Gasteiger partial charge on any atom is 0.228 e. The van der Waals surface area contributed by atoms with Crippen LogP contribution in [0, 0.1) is 11.7 Å². The Labute approximate surface area is 90.8 Å². The summed E-state index contributed by atoms with van der Waals surface area (Å²) in [7, 11) is -4.13. The minimum Gasteiger partial charge on any atom is -0.222 e. The van der Waals surface area contributed by atoms with Crippen molar-refractivity contribution < 1.29 is 8.09 Å². The third kappa shape index (κ3) is 2.78. The smallest absolute Gasteiger partial charge is 0.222 e. The maximum absolute atomic E-state index is 13.2. The molecule has 0 aliphatic carbocycles. The Morgan fingerprint density at radius 1 is 1.33 bits per heavy atom. The van der Waals surface area contributed by atoms with E-state index in [9.17, 15) is 8.09 Å². The van der Waals surface area contributed by atoms with E-state index in [2.05, 4.69) is 0 Å². The van der Waals surface area contributed by atoms with E-state index in [0.717, 1.165) is 5.56 Å². The van der Waals surface area contributed by atoms with E-state index in [1.807, 2.05) is 27.7 Å². The first kappa shape index (κ1) is 12.2. The molecule has 1 atom stereocenters. The molecule has 2 nitrogen and oxygen atoms in total. The molecule has 0 heterocycles. The van der Waals surface area contributed by atoms with Crippen LogP contribution < -0.4 is 0 Å². The standard InChI is InChI=1S/C11H16FNOS/c1-8-5-6-10(15(12,13)14)9(7-8)11(2,3)4/h5-7,13H,1-4H3. The summed E-state index contributed by atoms with van der Waals surface area (Å²) in [6, 6.07) is 4.92. The fraction of sp³-hybridized carbons (Fsp3) is 0.455. The summed E-state index contributed by atoms with van der Waals surface area (Å²) < 4.78 is 31.4. The summed E-state index contributed by atoms with van der Waals surface area (Å²) in [5, 5.41) is 0. The number of halogens is 1. The van der Waals surface area contributed by atoms with Crippen LogP contribution in [0.5, 0.6) is 0 Å². The molecular formula is C11H16FNOS. The lowest BCUT2D eigenvalue weighted by molar-refractivity contribution is 0.568. The Kier molecular flexibility index (Phi) is 2.92. The van der Waals surface area contributed by atoms with Crippen molar-refractivity contribution in [1.82, 2.24) is 0 Å². The minimum absolute atomic E-state index is 0.000556. The molecule has 0 amide bonds. The summed E-state index contributed by atoms with van der Waals surface area (Å²) in [6.07, 6.45) is 0. The summed E-state index contributed by atoms with van der Waals surface area (Å²) >= 11 is 0. The van der Waals surface area contributed by atoms with Crippen molar-refractivity contribution in [3.8, 4) is 0 Å². The average Bonchev–Trinajstić information content (AvgIpc) is 2.00. The van der Waals surface area contributed by atoms with E-state index in [1.54, 1.807) is 12.1 Å². The zero-order chi connectivity index (χ0) is 11.9. The van der Waals surface area contributed by atoms with Gasteiger partial charge >= 0.3 is 0 Å². The van der Waals surface area contributed by atoms with Crippen molar-refractivity contribution in [2.45, 2.75) is 38.0 Å². The van der Waals surface area contributed by atoms with Gasteiger partial charge in [0, 0.05) is 0 Å². The Hall–Kier alpha value is -0.900. The molecule has 1 N–H and O–H groups in total. The predicted molar refractivity (Wildman–Crippen MR) is 60.1 cm³/mol. The van der Waals surface area contributed by atoms with Crippen LogP contribution in [0.1, 0.15) is 31.9 Å². The lowest BCUT2D eigenvalue weighted by Crippen LogP contribution is -2.15. The van der Waals surface area contributed by atoms with Crippen LogP contribution in [-0.4, -0.2) is 4.21 Å². The molecule has 0 radical (unpaired) electrons.